The molecule has 1 aromatic rings. The number of aromatic nitrogens is 2. The first-order valence-electron chi connectivity index (χ1n) is 6.62. The summed E-state index contributed by atoms with van der Waals surface area (Å²) in [6, 6.07) is 0.535. The van der Waals surface area contributed by atoms with Gasteiger partial charge in [-0.15, -0.1) is 5.10 Å². The second kappa shape index (κ2) is 10.2. The molecule has 0 radical (unpaired) electrons. The second-order valence-electron chi connectivity index (χ2n) is 4.16. The van der Waals surface area contributed by atoms with Gasteiger partial charge in [0.2, 0.25) is 5.89 Å². The molecule has 5 nitrogen and oxygen atoms in total. The molecule has 0 aliphatic carbocycles. The zero-order valence-electron chi connectivity index (χ0n) is 11.4. The first-order valence-corrected chi connectivity index (χ1v) is 8.02. The van der Waals surface area contributed by atoms with Crippen LogP contribution in [0, 0.1) is 0 Å². The number of thioether (sulfide) groups is 1. The standard InChI is InChI=1S/C12H24N4OS/c1-3-7-13-10-11-15-16-12(17-11)14-8-5-4-6-9-18-2/h13H,3-10H2,1-2H3,(H,14,16). The molecule has 0 aromatic carbocycles. The van der Waals surface area contributed by atoms with Crippen molar-refractivity contribution in [3.05, 3.63) is 5.89 Å². The maximum atomic E-state index is 5.46. The van der Waals surface area contributed by atoms with Gasteiger partial charge in [0.25, 0.3) is 0 Å². The topological polar surface area (TPSA) is 63.0 Å². The predicted octanol–water partition coefficient (Wildman–Crippen LogP) is 2.51. The average molecular weight is 272 g/mol. The molecule has 0 fully saturated rings. The van der Waals surface area contributed by atoms with E-state index in [0.717, 1.165) is 25.9 Å². The zero-order chi connectivity index (χ0) is 13.1. The van der Waals surface area contributed by atoms with Gasteiger partial charge in [-0.2, -0.15) is 11.8 Å². The number of unbranched alkanes of at least 4 members (excludes halogenated alkanes) is 2. The maximum Gasteiger partial charge on any atom is 0.315 e. The fourth-order valence-electron chi connectivity index (χ4n) is 1.51. The molecule has 0 aliphatic heterocycles. The van der Waals surface area contributed by atoms with E-state index in [1.54, 1.807) is 0 Å². The van der Waals surface area contributed by atoms with Crippen molar-refractivity contribution in [2.75, 3.05) is 30.4 Å². The van der Waals surface area contributed by atoms with Gasteiger partial charge in [0.15, 0.2) is 0 Å². The van der Waals surface area contributed by atoms with Crippen LogP contribution < -0.4 is 10.6 Å². The average Bonchev–Trinajstić information content (AvgIpc) is 2.82. The van der Waals surface area contributed by atoms with Crippen LogP contribution in [0.4, 0.5) is 6.01 Å². The van der Waals surface area contributed by atoms with E-state index in [1.165, 1.54) is 18.6 Å². The highest BCUT2D eigenvalue weighted by Gasteiger charge is 2.04. The molecule has 104 valence electrons. The lowest BCUT2D eigenvalue weighted by Crippen LogP contribution is -2.13. The van der Waals surface area contributed by atoms with E-state index < -0.39 is 0 Å². The van der Waals surface area contributed by atoms with Crippen molar-refractivity contribution < 1.29 is 4.42 Å². The molecule has 2 N–H and O–H groups in total. The van der Waals surface area contributed by atoms with Crippen molar-refractivity contribution in [1.82, 2.24) is 15.5 Å². The minimum absolute atomic E-state index is 0.535. The second-order valence-corrected chi connectivity index (χ2v) is 5.14. The Hall–Kier alpha value is -0.750. The fraction of sp³-hybridized carbons (Fsp3) is 0.833. The summed E-state index contributed by atoms with van der Waals surface area (Å²) in [5, 5.41) is 14.3. The van der Waals surface area contributed by atoms with E-state index in [0.29, 0.717) is 18.5 Å². The van der Waals surface area contributed by atoms with Crippen LogP contribution in [-0.4, -0.2) is 35.3 Å². The van der Waals surface area contributed by atoms with Crippen molar-refractivity contribution >= 4 is 17.8 Å². The third-order valence-corrected chi connectivity index (χ3v) is 3.17. The van der Waals surface area contributed by atoms with Crippen LogP contribution in [0.15, 0.2) is 4.42 Å². The highest BCUT2D eigenvalue weighted by atomic mass is 32.2. The molecule has 0 saturated carbocycles. The Morgan fingerprint density at radius 3 is 2.83 bits per heavy atom. The van der Waals surface area contributed by atoms with Crippen LogP contribution in [-0.2, 0) is 6.54 Å². The highest BCUT2D eigenvalue weighted by molar-refractivity contribution is 7.98. The smallest absolute Gasteiger partial charge is 0.315 e. The predicted molar refractivity (Wildman–Crippen MR) is 77.0 cm³/mol. The van der Waals surface area contributed by atoms with Crippen molar-refractivity contribution in [2.45, 2.75) is 39.2 Å². The van der Waals surface area contributed by atoms with Crippen molar-refractivity contribution in [3.8, 4) is 0 Å². The molecule has 0 amide bonds. The Morgan fingerprint density at radius 1 is 1.17 bits per heavy atom. The molecule has 1 rings (SSSR count). The molecule has 1 aromatic heterocycles. The van der Waals surface area contributed by atoms with Gasteiger partial charge in [-0.1, -0.05) is 18.4 Å². The number of nitrogens with zero attached hydrogens (tertiary/aromatic N) is 2. The lowest BCUT2D eigenvalue weighted by atomic mass is 10.2. The summed E-state index contributed by atoms with van der Waals surface area (Å²) in [5.74, 6) is 1.89. The highest BCUT2D eigenvalue weighted by Crippen LogP contribution is 2.06. The number of hydrogen-bond acceptors (Lipinski definition) is 6. The lowest BCUT2D eigenvalue weighted by molar-refractivity contribution is 0.476. The molecule has 0 atom stereocenters. The summed E-state index contributed by atoms with van der Waals surface area (Å²) < 4.78 is 5.46. The Balaban J connectivity index is 2.07. The zero-order valence-corrected chi connectivity index (χ0v) is 12.2. The van der Waals surface area contributed by atoms with E-state index >= 15 is 0 Å². The van der Waals surface area contributed by atoms with E-state index in [1.807, 2.05) is 11.8 Å². The summed E-state index contributed by atoms with van der Waals surface area (Å²) in [4.78, 5) is 0. The van der Waals surface area contributed by atoms with Crippen LogP contribution in [0.25, 0.3) is 0 Å². The number of hydrogen-bond donors (Lipinski definition) is 2. The summed E-state index contributed by atoms with van der Waals surface area (Å²) in [7, 11) is 0. The normalized spacial score (nSPS) is 10.8. The third kappa shape index (κ3) is 6.86. The Kier molecular flexibility index (Phi) is 8.67. The number of rotatable bonds is 11. The van der Waals surface area contributed by atoms with E-state index in [4.69, 9.17) is 4.42 Å². The Labute approximate surface area is 114 Å². The minimum Gasteiger partial charge on any atom is -0.407 e. The molecule has 18 heavy (non-hydrogen) atoms. The van der Waals surface area contributed by atoms with Crippen molar-refractivity contribution in [1.29, 1.82) is 0 Å². The fourth-order valence-corrected chi connectivity index (χ4v) is 2.00. The Bertz CT molecular complexity index is 306. The molecule has 0 bridgehead atoms. The van der Waals surface area contributed by atoms with Gasteiger partial charge in [0.05, 0.1) is 6.54 Å². The monoisotopic (exact) mass is 272 g/mol. The molecule has 1 heterocycles. The molecule has 0 spiro atoms. The molecule has 0 aliphatic rings. The summed E-state index contributed by atoms with van der Waals surface area (Å²) in [5.41, 5.74) is 0. The third-order valence-electron chi connectivity index (χ3n) is 2.47. The van der Waals surface area contributed by atoms with E-state index in [9.17, 15) is 0 Å². The van der Waals surface area contributed by atoms with Gasteiger partial charge in [-0.3, -0.25) is 0 Å². The van der Waals surface area contributed by atoms with Gasteiger partial charge in [-0.25, -0.2) is 0 Å². The van der Waals surface area contributed by atoms with E-state index in [2.05, 4.69) is 34.0 Å². The molecular weight excluding hydrogens is 248 g/mol. The quantitative estimate of drug-likeness (QED) is 0.604. The minimum atomic E-state index is 0.535. The number of anilines is 1. The first kappa shape index (κ1) is 15.3. The first-order chi connectivity index (χ1) is 8.86. The van der Waals surface area contributed by atoms with Gasteiger partial charge in [-0.05, 0) is 37.8 Å². The summed E-state index contributed by atoms with van der Waals surface area (Å²) in [6.07, 6.45) is 6.91. The molecule has 6 heteroatoms. The van der Waals surface area contributed by atoms with Crippen LogP contribution in [0.2, 0.25) is 0 Å². The largest absolute Gasteiger partial charge is 0.407 e. The van der Waals surface area contributed by atoms with Crippen molar-refractivity contribution in [2.24, 2.45) is 0 Å². The lowest BCUT2D eigenvalue weighted by Gasteiger charge is -2.01. The maximum absolute atomic E-state index is 5.46. The Morgan fingerprint density at radius 2 is 2.06 bits per heavy atom. The van der Waals surface area contributed by atoms with Gasteiger partial charge in [0.1, 0.15) is 0 Å². The van der Waals surface area contributed by atoms with E-state index in [-0.39, 0.29) is 0 Å². The van der Waals surface area contributed by atoms with Gasteiger partial charge in [0, 0.05) is 6.54 Å². The number of nitrogens with one attached hydrogen (secondary N) is 2. The van der Waals surface area contributed by atoms with Crippen LogP contribution in [0.1, 0.15) is 38.5 Å². The van der Waals surface area contributed by atoms with Crippen molar-refractivity contribution in [3.63, 3.8) is 0 Å². The molecule has 0 unspecified atom stereocenters. The van der Waals surface area contributed by atoms with Crippen LogP contribution in [0.3, 0.4) is 0 Å². The molecular formula is C12H24N4OS. The van der Waals surface area contributed by atoms with Crippen LogP contribution >= 0.6 is 11.8 Å². The van der Waals surface area contributed by atoms with Crippen LogP contribution in [0.5, 0.6) is 0 Å². The summed E-state index contributed by atoms with van der Waals surface area (Å²) in [6.45, 7) is 4.65. The van der Waals surface area contributed by atoms with Gasteiger partial charge < -0.3 is 15.1 Å². The SMILES string of the molecule is CCCNCc1nnc(NCCCCCSC)o1. The molecule has 0 saturated heterocycles. The summed E-state index contributed by atoms with van der Waals surface area (Å²) >= 11 is 1.90. The van der Waals surface area contributed by atoms with Gasteiger partial charge >= 0.3 is 6.01 Å².